The number of hydrogen-bond acceptors (Lipinski definition) is 2. The molecule has 21 heavy (non-hydrogen) atoms. The number of aliphatic hydroxyl groups excluding tert-OH is 1. The van der Waals surface area contributed by atoms with Crippen LogP contribution in [0.5, 0.6) is 0 Å². The Kier molecular flexibility index (Phi) is 3.96. The molecule has 1 aromatic rings. The van der Waals surface area contributed by atoms with Gasteiger partial charge in [-0.15, -0.1) is 0 Å². The first-order chi connectivity index (χ1) is 9.58. The first kappa shape index (κ1) is 16.1. The number of benzene rings is 1. The highest BCUT2D eigenvalue weighted by atomic mass is 19.4. The Morgan fingerprint density at radius 2 is 1.52 bits per heavy atom. The molecule has 0 unspecified atom stereocenters. The van der Waals surface area contributed by atoms with Gasteiger partial charge in [-0.1, -0.05) is 0 Å². The number of rotatable bonds is 2. The summed E-state index contributed by atoms with van der Waals surface area (Å²) in [6.07, 6.45) is -8.92. The second-order valence-corrected chi connectivity index (χ2v) is 5.07. The molecule has 0 amide bonds. The van der Waals surface area contributed by atoms with Crippen molar-refractivity contribution in [2.45, 2.75) is 30.7 Å². The predicted molar refractivity (Wildman–Crippen MR) is 62.4 cm³/mol. The molecule has 0 aromatic heterocycles. The average molecular weight is 313 g/mol. The highest BCUT2D eigenvalue weighted by Crippen LogP contribution is 2.40. The molecule has 2 N–H and O–H groups in total. The lowest BCUT2D eigenvalue weighted by Gasteiger charge is -2.29. The van der Waals surface area contributed by atoms with Gasteiger partial charge in [0.25, 0.3) is 0 Å². The third-order valence-corrected chi connectivity index (χ3v) is 3.65. The average Bonchev–Trinajstić information content (AvgIpc) is 2.86. The minimum atomic E-state index is -4.88. The zero-order chi connectivity index (χ0) is 15.9. The highest BCUT2D eigenvalue weighted by molar-refractivity contribution is 5.38. The Labute approximate surface area is 116 Å². The van der Waals surface area contributed by atoms with Gasteiger partial charge in [-0.3, -0.25) is 0 Å². The molecule has 8 heteroatoms. The summed E-state index contributed by atoms with van der Waals surface area (Å²) >= 11 is 0. The maximum absolute atomic E-state index is 12.8. The molecule has 1 saturated heterocycles. The lowest BCUT2D eigenvalue weighted by molar-refractivity contribution is -0.143. The number of hydrogen-bond donors (Lipinski definition) is 2. The third-order valence-electron chi connectivity index (χ3n) is 3.65. The smallest absolute Gasteiger partial charge is 0.394 e. The summed E-state index contributed by atoms with van der Waals surface area (Å²) < 4.78 is 76.8. The fourth-order valence-corrected chi connectivity index (χ4v) is 2.51. The molecular formula is C13H13F6NO. The van der Waals surface area contributed by atoms with Gasteiger partial charge in [0.1, 0.15) is 0 Å². The summed E-state index contributed by atoms with van der Waals surface area (Å²) in [5.74, 6) is 0. The molecule has 1 aliphatic rings. The van der Waals surface area contributed by atoms with E-state index in [-0.39, 0.29) is 18.1 Å². The molecule has 0 bridgehead atoms. The van der Waals surface area contributed by atoms with E-state index in [0.29, 0.717) is 25.1 Å². The van der Waals surface area contributed by atoms with Gasteiger partial charge in [-0.2, -0.15) is 26.3 Å². The Morgan fingerprint density at radius 1 is 1.00 bits per heavy atom. The molecule has 1 atom stereocenters. The van der Waals surface area contributed by atoms with Crippen LogP contribution in [0.3, 0.4) is 0 Å². The molecule has 1 heterocycles. The summed E-state index contributed by atoms with van der Waals surface area (Å²) in [4.78, 5) is 0. The maximum atomic E-state index is 12.8. The van der Waals surface area contributed by atoms with E-state index in [2.05, 4.69) is 5.32 Å². The molecule has 1 fully saturated rings. The zero-order valence-electron chi connectivity index (χ0n) is 10.8. The Hall–Kier alpha value is -1.28. The maximum Gasteiger partial charge on any atom is 0.416 e. The van der Waals surface area contributed by atoms with Crippen molar-refractivity contribution in [3.8, 4) is 0 Å². The van der Waals surface area contributed by atoms with E-state index >= 15 is 0 Å². The van der Waals surface area contributed by atoms with Crippen LogP contribution in [0.1, 0.15) is 29.5 Å². The van der Waals surface area contributed by atoms with Gasteiger partial charge in [0.15, 0.2) is 0 Å². The van der Waals surface area contributed by atoms with E-state index in [9.17, 15) is 31.4 Å². The van der Waals surface area contributed by atoms with Crippen molar-refractivity contribution in [3.63, 3.8) is 0 Å². The first-order valence-corrected chi connectivity index (χ1v) is 6.24. The van der Waals surface area contributed by atoms with Crippen molar-refractivity contribution in [2.24, 2.45) is 0 Å². The number of alkyl halides is 6. The van der Waals surface area contributed by atoms with Crippen molar-refractivity contribution in [2.75, 3.05) is 13.2 Å². The van der Waals surface area contributed by atoms with Crippen LogP contribution in [0.4, 0.5) is 26.3 Å². The fourth-order valence-electron chi connectivity index (χ4n) is 2.51. The highest BCUT2D eigenvalue weighted by Gasteiger charge is 2.41. The van der Waals surface area contributed by atoms with Crippen molar-refractivity contribution in [3.05, 3.63) is 34.9 Å². The molecule has 1 aromatic carbocycles. The largest absolute Gasteiger partial charge is 0.416 e. The summed E-state index contributed by atoms with van der Waals surface area (Å²) in [6, 6.07) is 1.43. The van der Waals surface area contributed by atoms with Crippen molar-refractivity contribution in [1.29, 1.82) is 0 Å². The summed E-state index contributed by atoms with van der Waals surface area (Å²) in [5, 5.41) is 12.2. The van der Waals surface area contributed by atoms with Crippen molar-refractivity contribution < 1.29 is 31.4 Å². The van der Waals surface area contributed by atoms with E-state index in [1.165, 1.54) is 0 Å². The van der Waals surface area contributed by atoms with E-state index in [0.717, 1.165) is 0 Å². The van der Waals surface area contributed by atoms with Gasteiger partial charge in [-0.25, -0.2) is 0 Å². The standard InChI is InChI=1S/C13H13F6NO/c14-12(15,16)9-4-8(5-10(6-9)13(17,18)19)11(7-21)2-1-3-20-11/h4-6,20-21H,1-3,7H2/t11-/m0/s1. The Balaban J connectivity index is 2.60. The van der Waals surface area contributed by atoms with Crippen molar-refractivity contribution in [1.82, 2.24) is 5.32 Å². The number of halogens is 6. The SMILES string of the molecule is OC[C@]1(c2cc(C(F)(F)F)cc(C(F)(F)F)c2)CCCN1. The Morgan fingerprint density at radius 3 is 1.86 bits per heavy atom. The molecule has 2 nitrogen and oxygen atoms in total. The van der Waals surface area contributed by atoms with Crippen LogP contribution in [0.15, 0.2) is 18.2 Å². The second kappa shape index (κ2) is 5.17. The van der Waals surface area contributed by atoms with Gasteiger partial charge in [0.05, 0.1) is 23.3 Å². The minimum absolute atomic E-state index is 0.0868. The lowest BCUT2D eigenvalue weighted by atomic mass is 9.86. The number of aliphatic hydroxyl groups is 1. The molecule has 1 aliphatic heterocycles. The van der Waals surface area contributed by atoms with Crippen LogP contribution >= 0.6 is 0 Å². The van der Waals surface area contributed by atoms with E-state index in [4.69, 9.17) is 0 Å². The third kappa shape index (κ3) is 3.16. The normalized spacial score (nSPS) is 23.6. The first-order valence-electron chi connectivity index (χ1n) is 6.24. The molecule has 118 valence electrons. The second-order valence-electron chi connectivity index (χ2n) is 5.07. The molecule has 0 aliphatic carbocycles. The lowest BCUT2D eigenvalue weighted by Crippen LogP contribution is -2.40. The van der Waals surface area contributed by atoms with E-state index < -0.39 is 35.6 Å². The zero-order valence-corrected chi connectivity index (χ0v) is 10.8. The fraction of sp³-hybridized carbons (Fsp3) is 0.538. The number of nitrogens with one attached hydrogen (secondary N) is 1. The Bertz CT molecular complexity index is 484. The summed E-state index contributed by atoms with van der Waals surface area (Å²) in [5.41, 5.74) is -4.17. The van der Waals surface area contributed by atoms with Crippen LogP contribution in [-0.4, -0.2) is 18.3 Å². The summed E-state index contributed by atoms with van der Waals surface area (Å²) in [7, 11) is 0. The van der Waals surface area contributed by atoms with Crippen LogP contribution in [-0.2, 0) is 17.9 Å². The van der Waals surface area contributed by atoms with Gasteiger partial charge in [0, 0.05) is 0 Å². The molecule has 0 spiro atoms. The van der Waals surface area contributed by atoms with Crippen LogP contribution in [0, 0.1) is 0 Å². The van der Waals surface area contributed by atoms with Gasteiger partial charge >= 0.3 is 12.4 Å². The van der Waals surface area contributed by atoms with Crippen LogP contribution in [0.25, 0.3) is 0 Å². The van der Waals surface area contributed by atoms with E-state index in [1.54, 1.807) is 0 Å². The van der Waals surface area contributed by atoms with Crippen LogP contribution < -0.4 is 5.32 Å². The van der Waals surface area contributed by atoms with E-state index in [1.807, 2.05) is 0 Å². The molecule has 2 rings (SSSR count). The van der Waals surface area contributed by atoms with Crippen molar-refractivity contribution >= 4 is 0 Å². The molecule has 0 radical (unpaired) electrons. The monoisotopic (exact) mass is 313 g/mol. The van der Waals surface area contributed by atoms with Crippen LogP contribution in [0.2, 0.25) is 0 Å². The molecule has 0 saturated carbocycles. The summed E-state index contributed by atoms with van der Waals surface area (Å²) in [6.45, 7) is -0.135. The topological polar surface area (TPSA) is 32.3 Å². The predicted octanol–water partition coefficient (Wildman–Crippen LogP) is 3.30. The van der Waals surface area contributed by atoms with Gasteiger partial charge in [0.2, 0.25) is 0 Å². The van der Waals surface area contributed by atoms with Gasteiger partial charge in [-0.05, 0) is 43.1 Å². The van der Waals surface area contributed by atoms with Gasteiger partial charge < -0.3 is 10.4 Å². The quantitative estimate of drug-likeness (QED) is 0.821. The minimum Gasteiger partial charge on any atom is -0.394 e. The molecular weight excluding hydrogens is 300 g/mol.